The monoisotopic (exact) mass is 210 g/mol. The maximum absolute atomic E-state index is 9.30. The van der Waals surface area contributed by atoms with Gasteiger partial charge >= 0.3 is 0 Å². The molecule has 0 aromatic heterocycles. The van der Waals surface area contributed by atoms with E-state index in [-0.39, 0.29) is 0 Å². The molecule has 0 radical (unpaired) electrons. The highest BCUT2D eigenvalue weighted by Crippen LogP contribution is 2.17. The van der Waals surface area contributed by atoms with E-state index in [1.165, 1.54) is 0 Å². The molecule has 0 heterocycles. The van der Waals surface area contributed by atoms with Crippen LogP contribution in [0.2, 0.25) is 0 Å². The van der Waals surface area contributed by atoms with Crippen LogP contribution in [0.25, 0.3) is 0 Å². The standard InChI is InChI=1S/C12H18O3/c1-3-11(14)8-15-12-6-4-10(5-7-12)9(2)13/h4-7,9,11,13-14H,3,8H2,1-2H3. The summed E-state index contributed by atoms with van der Waals surface area (Å²) in [4.78, 5) is 0. The fourth-order valence-electron chi connectivity index (χ4n) is 1.15. The Morgan fingerprint density at radius 3 is 2.27 bits per heavy atom. The number of aliphatic hydroxyl groups is 2. The smallest absolute Gasteiger partial charge is 0.119 e. The lowest BCUT2D eigenvalue weighted by Gasteiger charge is -2.11. The number of rotatable bonds is 5. The van der Waals surface area contributed by atoms with Gasteiger partial charge in [0.15, 0.2) is 0 Å². The summed E-state index contributed by atoms with van der Waals surface area (Å²) in [6.07, 6.45) is -0.187. The van der Waals surface area contributed by atoms with E-state index in [0.29, 0.717) is 18.8 Å². The van der Waals surface area contributed by atoms with E-state index in [1.54, 1.807) is 19.1 Å². The molecule has 0 aliphatic heterocycles. The Morgan fingerprint density at radius 2 is 1.80 bits per heavy atom. The van der Waals surface area contributed by atoms with Gasteiger partial charge in [0.05, 0.1) is 12.2 Å². The van der Waals surface area contributed by atoms with E-state index < -0.39 is 12.2 Å². The lowest BCUT2D eigenvalue weighted by Crippen LogP contribution is -2.15. The summed E-state index contributed by atoms with van der Waals surface area (Å²) in [5.74, 6) is 0.715. The first-order valence-electron chi connectivity index (χ1n) is 5.22. The first-order chi connectivity index (χ1) is 7.13. The molecule has 0 saturated heterocycles. The molecule has 15 heavy (non-hydrogen) atoms. The van der Waals surface area contributed by atoms with Gasteiger partial charge < -0.3 is 14.9 Å². The van der Waals surface area contributed by atoms with E-state index in [2.05, 4.69) is 0 Å². The van der Waals surface area contributed by atoms with Gasteiger partial charge in [0.1, 0.15) is 12.4 Å². The Hall–Kier alpha value is -1.06. The van der Waals surface area contributed by atoms with Crippen molar-refractivity contribution < 1.29 is 14.9 Å². The summed E-state index contributed by atoms with van der Waals surface area (Å²) in [5, 5.41) is 18.6. The molecule has 2 N–H and O–H groups in total. The van der Waals surface area contributed by atoms with Gasteiger partial charge in [-0.3, -0.25) is 0 Å². The topological polar surface area (TPSA) is 49.7 Å². The predicted molar refractivity (Wildman–Crippen MR) is 58.9 cm³/mol. The SMILES string of the molecule is CCC(O)COc1ccc(C(C)O)cc1. The number of ether oxygens (including phenoxy) is 1. The highest BCUT2D eigenvalue weighted by molar-refractivity contribution is 5.28. The third-order valence-electron chi connectivity index (χ3n) is 2.28. The molecule has 0 fully saturated rings. The van der Waals surface area contributed by atoms with E-state index in [1.807, 2.05) is 19.1 Å². The van der Waals surface area contributed by atoms with Crippen molar-refractivity contribution >= 4 is 0 Å². The second kappa shape index (κ2) is 5.73. The number of benzene rings is 1. The molecular formula is C12H18O3. The minimum Gasteiger partial charge on any atom is -0.491 e. The molecule has 0 bridgehead atoms. The van der Waals surface area contributed by atoms with Gasteiger partial charge in [0.25, 0.3) is 0 Å². The summed E-state index contributed by atoms with van der Waals surface area (Å²) in [5.41, 5.74) is 0.860. The van der Waals surface area contributed by atoms with Gasteiger partial charge in [0.2, 0.25) is 0 Å². The van der Waals surface area contributed by atoms with Crippen molar-refractivity contribution in [1.29, 1.82) is 0 Å². The van der Waals surface area contributed by atoms with Crippen molar-refractivity contribution in [3.63, 3.8) is 0 Å². The van der Waals surface area contributed by atoms with Crippen molar-refractivity contribution in [2.45, 2.75) is 32.5 Å². The van der Waals surface area contributed by atoms with Gasteiger partial charge in [-0.1, -0.05) is 19.1 Å². The Morgan fingerprint density at radius 1 is 1.20 bits per heavy atom. The second-order valence-corrected chi connectivity index (χ2v) is 3.62. The number of hydrogen-bond donors (Lipinski definition) is 2. The van der Waals surface area contributed by atoms with Crippen molar-refractivity contribution in [3.8, 4) is 5.75 Å². The first kappa shape index (κ1) is 12.0. The third kappa shape index (κ3) is 3.90. The molecule has 3 heteroatoms. The molecular weight excluding hydrogens is 192 g/mol. The van der Waals surface area contributed by atoms with Crippen molar-refractivity contribution in [2.24, 2.45) is 0 Å². The van der Waals surface area contributed by atoms with Crippen LogP contribution in [-0.4, -0.2) is 22.9 Å². The molecule has 2 unspecified atom stereocenters. The Kier molecular flexibility index (Phi) is 4.59. The minimum absolute atomic E-state index is 0.310. The summed E-state index contributed by atoms with van der Waals surface area (Å²) >= 11 is 0. The van der Waals surface area contributed by atoms with Crippen LogP contribution in [-0.2, 0) is 0 Å². The molecule has 2 atom stereocenters. The first-order valence-corrected chi connectivity index (χ1v) is 5.22. The van der Waals surface area contributed by atoms with Gasteiger partial charge in [-0.15, -0.1) is 0 Å². The normalized spacial score (nSPS) is 14.7. The highest BCUT2D eigenvalue weighted by atomic mass is 16.5. The summed E-state index contributed by atoms with van der Waals surface area (Å²) in [6, 6.07) is 7.23. The maximum atomic E-state index is 9.30. The number of hydrogen-bond acceptors (Lipinski definition) is 3. The summed E-state index contributed by atoms with van der Waals surface area (Å²) in [6.45, 7) is 3.94. The predicted octanol–water partition coefficient (Wildman–Crippen LogP) is 1.89. The van der Waals surface area contributed by atoms with Crippen LogP contribution in [0.1, 0.15) is 31.9 Å². The van der Waals surface area contributed by atoms with Gasteiger partial charge in [-0.05, 0) is 31.0 Å². The second-order valence-electron chi connectivity index (χ2n) is 3.62. The maximum Gasteiger partial charge on any atom is 0.119 e. The quantitative estimate of drug-likeness (QED) is 0.780. The Bertz CT molecular complexity index is 279. The van der Waals surface area contributed by atoms with Gasteiger partial charge in [0, 0.05) is 0 Å². The van der Waals surface area contributed by atoms with Crippen molar-refractivity contribution in [1.82, 2.24) is 0 Å². The molecule has 1 rings (SSSR count). The molecule has 0 saturated carbocycles. The molecule has 3 nitrogen and oxygen atoms in total. The fraction of sp³-hybridized carbons (Fsp3) is 0.500. The summed E-state index contributed by atoms with van der Waals surface area (Å²) in [7, 11) is 0. The minimum atomic E-state index is -0.458. The van der Waals surface area contributed by atoms with E-state index >= 15 is 0 Å². The molecule has 0 aliphatic carbocycles. The highest BCUT2D eigenvalue weighted by Gasteiger charge is 2.03. The lowest BCUT2D eigenvalue weighted by atomic mass is 10.1. The zero-order valence-corrected chi connectivity index (χ0v) is 9.18. The van der Waals surface area contributed by atoms with Crippen molar-refractivity contribution in [3.05, 3.63) is 29.8 Å². The molecule has 0 amide bonds. The van der Waals surface area contributed by atoms with E-state index in [0.717, 1.165) is 5.56 Å². The van der Waals surface area contributed by atoms with Gasteiger partial charge in [-0.25, -0.2) is 0 Å². The van der Waals surface area contributed by atoms with Crippen molar-refractivity contribution in [2.75, 3.05) is 6.61 Å². The van der Waals surface area contributed by atoms with Crippen LogP contribution in [0.5, 0.6) is 5.75 Å². The molecule has 0 spiro atoms. The zero-order chi connectivity index (χ0) is 11.3. The molecule has 1 aromatic rings. The molecule has 84 valence electrons. The van der Waals surface area contributed by atoms with Crippen LogP contribution < -0.4 is 4.74 Å². The van der Waals surface area contributed by atoms with Crippen LogP contribution in [0.3, 0.4) is 0 Å². The molecule has 0 aliphatic rings. The largest absolute Gasteiger partial charge is 0.491 e. The van der Waals surface area contributed by atoms with Gasteiger partial charge in [-0.2, -0.15) is 0 Å². The lowest BCUT2D eigenvalue weighted by molar-refractivity contribution is 0.104. The van der Waals surface area contributed by atoms with Crippen LogP contribution in [0, 0.1) is 0 Å². The zero-order valence-electron chi connectivity index (χ0n) is 9.18. The average molecular weight is 210 g/mol. The van der Waals surface area contributed by atoms with Crippen LogP contribution in [0.15, 0.2) is 24.3 Å². The van der Waals surface area contributed by atoms with E-state index in [4.69, 9.17) is 4.74 Å². The molecule has 1 aromatic carbocycles. The Balaban J connectivity index is 2.50. The Labute approximate surface area is 90.3 Å². The van der Waals surface area contributed by atoms with E-state index in [9.17, 15) is 10.2 Å². The third-order valence-corrected chi connectivity index (χ3v) is 2.28. The van der Waals surface area contributed by atoms with Crippen LogP contribution >= 0.6 is 0 Å². The summed E-state index contributed by atoms with van der Waals surface area (Å²) < 4.78 is 5.36. The van der Waals surface area contributed by atoms with Crippen LogP contribution in [0.4, 0.5) is 0 Å². The fourth-order valence-corrected chi connectivity index (χ4v) is 1.15. The number of aliphatic hydroxyl groups excluding tert-OH is 2. The average Bonchev–Trinajstić information content (AvgIpc) is 2.26.